The van der Waals surface area contributed by atoms with Gasteiger partial charge in [-0.05, 0) is 29.2 Å². The summed E-state index contributed by atoms with van der Waals surface area (Å²) < 4.78 is 5.39. The summed E-state index contributed by atoms with van der Waals surface area (Å²) in [7, 11) is 1.89. The largest absolute Gasteiger partial charge is 0.377 e. The minimum absolute atomic E-state index is 0.767. The Hall–Kier alpha value is -2.37. The van der Waals surface area contributed by atoms with E-state index in [2.05, 4.69) is 68.6 Å². The smallest absolute Gasteiger partial charge is 0.193 e. The first-order valence-corrected chi connectivity index (χ1v) is 10.7. The Morgan fingerprint density at radius 3 is 2.69 bits per heavy atom. The fourth-order valence-corrected chi connectivity index (χ4v) is 4.25. The van der Waals surface area contributed by atoms with E-state index in [-0.39, 0.29) is 0 Å². The SMILES string of the molecule is CN=C(NCCC1=CCOCC1)N1CCN(Cc2cccc3ccccc23)CC1. The van der Waals surface area contributed by atoms with Crippen molar-refractivity contribution in [2.75, 3.05) is 53.0 Å². The minimum Gasteiger partial charge on any atom is -0.377 e. The van der Waals surface area contributed by atoms with E-state index in [9.17, 15) is 0 Å². The monoisotopic (exact) mass is 392 g/mol. The zero-order valence-corrected chi connectivity index (χ0v) is 17.4. The summed E-state index contributed by atoms with van der Waals surface area (Å²) in [6.45, 7) is 7.73. The van der Waals surface area contributed by atoms with Crippen LogP contribution in [-0.2, 0) is 11.3 Å². The highest BCUT2D eigenvalue weighted by Crippen LogP contribution is 2.20. The summed E-state index contributed by atoms with van der Waals surface area (Å²) in [4.78, 5) is 9.45. The first-order valence-electron chi connectivity index (χ1n) is 10.7. The molecule has 2 aromatic carbocycles. The number of guanidine groups is 1. The van der Waals surface area contributed by atoms with Gasteiger partial charge in [-0.1, -0.05) is 54.1 Å². The minimum atomic E-state index is 0.767. The highest BCUT2D eigenvalue weighted by molar-refractivity contribution is 5.85. The number of hydrogen-bond donors (Lipinski definition) is 1. The zero-order chi connectivity index (χ0) is 19.9. The van der Waals surface area contributed by atoms with E-state index >= 15 is 0 Å². The van der Waals surface area contributed by atoms with E-state index < -0.39 is 0 Å². The van der Waals surface area contributed by atoms with Gasteiger partial charge in [0.15, 0.2) is 5.96 Å². The van der Waals surface area contributed by atoms with Gasteiger partial charge in [-0.3, -0.25) is 9.89 Å². The molecule has 1 saturated heterocycles. The molecule has 5 nitrogen and oxygen atoms in total. The zero-order valence-electron chi connectivity index (χ0n) is 17.4. The highest BCUT2D eigenvalue weighted by atomic mass is 16.5. The van der Waals surface area contributed by atoms with Crippen LogP contribution in [0, 0.1) is 0 Å². The van der Waals surface area contributed by atoms with Gasteiger partial charge in [0.2, 0.25) is 0 Å². The number of ether oxygens (including phenoxy) is 1. The quantitative estimate of drug-likeness (QED) is 0.482. The molecule has 4 rings (SSSR count). The lowest BCUT2D eigenvalue weighted by Gasteiger charge is -2.36. The molecule has 0 atom stereocenters. The number of nitrogens with zero attached hydrogens (tertiary/aromatic N) is 3. The van der Waals surface area contributed by atoms with Crippen molar-refractivity contribution < 1.29 is 4.74 Å². The van der Waals surface area contributed by atoms with Gasteiger partial charge in [-0.2, -0.15) is 0 Å². The molecule has 2 aromatic rings. The van der Waals surface area contributed by atoms with E-state index in [0.29, 0.717) is 0 Å². The van der Waals surface area contributed by atoms with Crippen LogP contribution >= 0.6 is 0 Å². The van der Waals surface area contributed by atoms with Crippen molar-refractivity contribution in [3.05, 3.63) is 59.7 Å². The third-order valence-electron chi connectivity index (χ3n) is 5.94. The van der Waals surface area contributed by atoms with Crippen molar-refractivity contribution in [1.82, 2.24) is 15.1 Å². The van der Waals surface area contributed by atoms with Crippen LogP contribution in [0.2, 0.25) is 0 Å². The molecule has 29 heavy (non-hydrogen) atoms. The molecule has 0 amide bonds. The van der Waals surface area contributed by atoms with Gasteiger partial charge >= 0.3 is 0 Å². The molecule has 0 bridgehead atoms. The molecule has 0 spiro atoms. The Kier molecular flexibility index (Phi) is 6.80. The van der Waals surface area contributed by atoms with Crippen molar-refractivity contribution in [3.8, 4) is 0 Å². The van der Waals surface area contributed by atoms with Crippen LogP contribution in [0.15, 0.2) is 59.1 Å². The second kappa shape index (κ2) is 9.90. The molecule has 1 N–H and O–H groups in total. The standard InChI is InChI=1S/C24H32N4O/c1-25-24(26-12-9-20-10-17-29-18-11-20)28-15-13-27(14-16-28)19-22-7-4-6-21-5-2-3-8-23(21)22/h2-8,10H,9,11-19H2,1H3,(H,25,26). The number of nitrogens with one attached hydrogen (secondary N) is 1. The Bertz CT molecular complexity index is 863. The Balaban J connectivity index is 1.27. The molecule has 154 valence electrons. The number of fused-ring (bicyclic) bond motifs is 1. The average molecular weight is 393 g/mol. The van der Waals surface area contributed by atoms with Gasteiger partial charge in [0.25, 0.3) is 0 Å². The number of piperazine rings is 1. The number of aliphatic imine (C=N–C) groups is 1. The lowest BCUT2D eigenvalue weighted by molar-refractivity contribution is 0.153. The van der Waals surface area contributed by atoms with Gasteiger partial charge in [0.05, 0.1) is 13.2 Å². The number of benzene rings is 2. The number of hydrogen-bond acceptors (Lipinski definition) is 3. The summed E-state index contributed by atoms with van der Waals surface area (Å²) in [6, 6.07) is 15.3. The second-order valence-electron chi connectivity index (χ2n) is 7.81. The predicted octanol–water partition coefficient (Wildman–Crippen LogP) is 3.27. The maximum Gasteiger partial charge on any atom is 0.193 e. The highest BCUT2D eigenvalue weighted by Gasteiger charge is 2.20. The maximum absolute atomic E-state index is 5.39. The molecule has 0 saturated carbocycles. The van der Waals surface area contributed by atoms with E-state index in [4.69, 9.17) is 4.74 Å². The normalized spacial score (nSPS) is 18.7. The van der Waals surface area contributed by atoms with Crippen LogP contribution in [0.25, 0.3) is 10.8 Å². The molecule has 2 heterocycles. The molecule has 2 aliphatic heterocycles. The average Bonchev–Trinajstić information content (AvgIpc) is 2.78. The summed E-state index contributed by atoms with van der Waals surface area (Å²) in [5.74, 6) is 1.03. The molecular weight excluding hydrogens is 360 g/mol. The predicted molar refractivity (Wildman–Crippen MR) is 120 cm³/mol. The van der Waals surface area contributed by atoms with Gasteiger partial charge in [0, 0.05) is 46.3 Å². The van der Waals surface area contributed by atoms with Crippen molar-refractivity contribution in [2.24, 2.45) is 4.99 Å². The number of rotatable bonds is 5. The Morgan fingerprint density at radius 2 is 1.90 bits per heavy atom. The third-order valence-corrected chi connectivity index (χ3v) is 5.94. The van der Waals surface area contributed by atoms with Crippen LogP contribution in [0.1, 0.15) is 18.4 Å². The van der Waals surface area contributed by atoms with Crippen molar-refractivity contribution >= 4 is 16.7 Å². The fraction of sp³-hybridized carbons (Fsp3) is 0.458. The van der Waals surface area contributed by atoms with Gasteiger partial charge < -0.3 is 15.0 Å². The van der Waals surface area contributed by atoms with Crippen LogP contribution in [0.3, 0.4) is 0 Å². The summed E-state index contributed by atoms with van der Waals surface area (Å²) >= 11 is 0. The van der Waals surface area contributed by atoms with Gasteiger partial charge in [-0.25, -0.2) is 0 Å². The molecule has 5 heteroatoms. The molecule has 0 aromatic heterocycles. The molecule has 0 aliphatic carbocycles. The van der Waals surface area contributed by atoms with Gasteiger partial charge in [-0.15, -0.1) is 0 Å². The Labute approximate surface area is 174 Å². The summed E-state index contributed by atoms with van der Waals surface area (Å²) in [5.41, 5.74) is 2.92. The summed E-state index contributed by atoms with van der Waals surface area (Å²) in [6.07, 6.45) is 4.36. The molecular formula is C24H32N4O. The molecule has 1 fully saturated rings. The van der Waals surface area contributed by atoms with Crippen molar-refractivity contribution in [1.29, 1.82) is 0 Å². The Morgan fingerprint density at radius 1 is 1.07 bits per heavy atom. The maximum atomic E-state index is 5.39. The van der Waals surface area contributed by atoms with Crippen LogP contribution in [0.5, 0.6) is 0 Å². The topological polar surface area (TPSA) is 40.1 Å². The van der Waals surface area contributed by atoms with E-state index in [1.54, 1.807) is 0 Å². The van der Waals surface area contributed by atoms with Crippen LogP contribution in [-0.4, -0.2) is 68.7 Å². The van der Waals surface area contributed by atoms with Crippen molar-refractivity contribution in [3.63, 3.8) is 0 Å². The lowest BCUT2D eigenvalue weighted by atomic mass is 10.0. The first-order chi connectivity index (χ1) is 14.3. The fourth-order valence-electron chi connectivity index (χ4n) is 4.25. The summed E-state index contributed by atoms with van der Waals surface area (Å²) in [5, 5.41) is 6.25. The second-order valence-corrected chi connectivity index (χ2v) is 7.81. The lowest BCUT2D eigenvalue weighted by Crippen LogP contribution is -2.52. The molecule has 0 unspecified atom stereocenters. The van der Waals surface area contributed by atoms with E-state index in [0.717, 1.165) is 71.3 Å². The molecule has 0 radical (unpaired) electrons. The van der Waals surface area contributed by atoms with Crippen LogP contribution < -0.4 is 5.32 Å². The third kappa shape index (κ3) is 5.17. The molecule has 2 aliphatic rings. The van der Waals surface area contributed by atoms with Gasteiger partial charge in [0.1, 0.15) is 0 Å². The van der Waals surface area contributed by atoms with E-state index in [1.807, 2.05) is 7.05 Å². The van der Waals surface area contributed by atoms with E-state index in [1.165, 1.54) is 21.9 Å². The van der Waals surface area contributed by atoms with Crippen molar-refractivity contribution in [2.45, 2.75) is 19.4 Å². The first kappa shape index (κ1) is 19.9. The van der Waals surface area contributed by atoms with Crippen LogP contribution in [0.4, 0.5) is 0 Å².